The normalized spacial score (nSPS) is 22.4. The van der Waals surface area contributed by atoms with E-state index in [1.165, 1.54) is 18.2 Å². The third kappa shape index (κ3) is 6.01. The third-order valence-electron chi connectivity index (χ3n) is 5.14. The van der Waals surface area contributed by atoms with Crippen molar-refractivity contribution in [2.24, 2.45) is 0 Å². The van der Waals surface area contributed by atoms with E-state index in [0.717, 1.165) is 45.6 Å². The van der Waals surface area contributed by atoms with Crippen molar-refractivity contribution < 1.29 is 23.0 Å². The second-order valence-corrected chi connectivity index (χ2v) is 7.66. The Kier molecular flexibility index (Phi) is 7.45. The highest BCUT2D eigenvalue weighted by atomic mass is 35.5. The van der Waals surface area contributed by atoms with Gasteiger partial charge in [0.25, 0.3) is 0 Å². The molecule has 0 bridgehead atoms. The number of nitrogens with zero attached hydrogens (tertiary/aromatic N) is 2. The topological polar surface area (TPSA) is 54.0 Å². The fourth-order valence-electron chi connectivity index (χ4n) is 3.79. The van der Waals surface area contributed by atoms with Crippen LogP contribution in [0.25, 0.3) is 0 Å². The third-order valence-corrected chi connectivity index (χ3v) is 5.44. The number of benzene rings is 1. The lowest BCUT2D eigenvalue weighted by Gasteiger charge is -2.41. The zero-order valence-electron chi connectivity index (χ0n) is 15.9. The van der Waals surface area contributed by atoms with Gasteiger partial charge in [-0.3, -0.25) is 14.6 Å². The van der Waals surface area contributed by atoms with Crippen molar-refractivity contribution >= 4 is 23.2 Å². The molecule has 1 amide bonds. The molecule has 0 spiro atoms. The first-order valence-corrected chi connectivity index (χ1v) is 9.90. The van der Waals surface area contributed by atoms with Crippen molar-refractivity contribution in [1.29, 1.82) is 0 Å². The molecule has 0 aliphatic carbocycles. The van der Waals surface area contributed by atoms with Gasteiger partial charge in [-0.05, 0) is 38.0 Å². The minimum atomic E-state index is -2.94. The van der Waals surface area contributed by atoms with E-state index in [1.807, 2.05) is 0 Å². The average molecular weight is 418 g/mol. The molecule has 2 saturated heterocycles. The smallest absolute Gasteiger partial charge is 0.387 e. The van der Waals surface area contributed by atoms with Crippen LogP contribution in [0.5, 0.6) is 5.75 Å². The van der Waals surface area contributed by atoms with Gasteiger partial charge in [-0.2, -0.15) is 8.78 Å². The maximum atomic E-state index is 12.3. The molecule has 28 heavy (non-hydrogen) atoms. The van der Waals surface area contributed by atoms with Crippen LogP contribution in [0.3, 0.4) is 0 Å². The number of hydrogen-bond acceptors (Lipinski definition) is 5. The summed E-state index contributed by atoms with van der Waals surface area (Å²) in [5.41, 5.74) is 0.453. The highest BCUT2D eigenvalue weighted by Gasteiger charge is 2.28. The monoisotopic (exact) mass is 417 g/mol. The summed E-state index contributed by atoms with van der Waals surface area (Å²) in [6.45, 7) is 3.91. The first-order chi connectivity index (χ1) is 13.4. The van der Waals surface area contributed by atoms with E-state index in [-0.39, 0.29) is 22.8 Å². The van der Waals surface area contributed by atoms with E-state index in [2.05, 4.69) is 26.8 Å². The highest BCUT2D eigenvalue weighted by molar-refractivity contribution is 6.32. The van der Waals surface area contributed by atoms with E-state index >= 15 is 0 Å². The lowest BCUT2D eigenvalue weighted by molar-refractivity contribution is -0.117. The first kappa shape index (κ1) is 21.2. The molecule has 6 nitrogen and oxygen atoms in total. The Morgan fingerprint density at radius 3 is 2.75 bits per heavy atom. The number of rotatable bonds is 6. The zero-order chi connectivity index (χ0) is 20.1. The second kappa shape index (κ2) is 9.82. The van der Waals surface area contributed by atoms with E-state index in [4.69, 9.17) is 16.3 Å². The van der Waals surface area contributed by atoms with Crippen LogP contribution in [0.2, 0.25) is 5.02 Å². The Morgan fingerprint density at radius 2 is 2.11 bits per heavy atom. The van der Waals surface area contributed by atoms with Crippen LogP contribution in [0.1, 0.15) is 19.8 Å². The highest BCUT2D eigenvalue weighted by Crippen LogP contribution is 2.29. The molecule has 0 radical (unpaired) electrons. The molecule has 1 aromatic rings. The van der Waals surface area contributed by atoms with E-state index in [1.54, 1.807) is 0 Å². The van der Waals surface area contributed by atoms with Gasteiger partial charge in [0, 0.05) is 37.9 Å². The van der Waals surface area contributed by atoms with Gasteiger partial charge in [-0.15, -0.1) is 0 Å². The Morgan fingerprint density at radius 1 is 1.36 bits per heavy atom. The van der Waals surface area contributed by atoms with Gasteiger partial charge in [0.05, 0.1) is 24.3 Å². The lowest BCUT2D eigenvalue weighted by atomic mass is 10.0. The van der Waals surface area contributed by atoms with Gasteiger partial charge in [0.2, 0.25) is 5.91 Å². The molecule has 2 aliphatic rings. The standard InChI is InChI=1S/C19H26ClF2N3O3/c1-13-11-25(8-9-27-13)15-4-6-24(7-5-15)12-18(26)23-14-2-3-17(16(20)10-14)28-19(21)22/h2-3,10,13,15,19H,4-9,11-12H2,1H3,(H,23,26). The summed E-state index contributed by atoms with van der Waals surface area (Å²) in [4.78, 5) is 16.9. The molecule has 2 fully saturated rings. The molecule has 2 heterocycles. The molecule has 1 aromatic carbocycles. The summed E-state index contributed by atoms with van der Waals surface area (Å²) in [5.74, 6) is -0.272. The van der Waals surface area contributed by atoms with E-state index < -0.39 is 6.61 Å². The van der Waals surface area contributed by atoms with Gasteiger partial charge in [0.1, 0.15) is 5.75 Å². The number of amides is 1. The number of carbonyl (C=O) groups is 1. The molecule has 1 unspecified atom stereocenters. The number of likely N-dealkylation sites (tertiary alicyclic amines) is 1. The number of nitrogens with one attached hydrogen (secondary N) is 1. The Balaban J connectivity index is 1.44. The maximum absolute atomic E-state index is 12.3. The number of carbonyl (C=O) groups excluding carboxylic acids is 1. The fourth-order valence-corrected chi connectivity index (χ4v) is 4.02. The average Bonchev–Trinajstić information content (AvgIpc) is 2.64. The fraction of sp³-hybridized carbons (Fsp3) is 0.632. The molecule has 3 rings (SSSR count). The summed E-state index contributed by atoms with van der Waals surface area (Å²) >= 11 is 5.92. The molecule has 1 N–H and O–H groups in total. The van der Waals surface area contributed by atoms with Gasteiger partial charge < -0.3 is 14.8 Å². The van der Waals surface area contributed by atoms with Gasteiger partial charge in [-0.1, -0.05) is 11.6 Å². The molecule has 2 aliphatic heterocycles. The van der Waals surface area contributed by atoms with E-state index in [0.29, 0.717) is 18.3 Å². The van der Waals surface area contributed by atoms with Crippen LogP contribution in [-0.4, -0.2) is 73.8 Å². The SMILES string of the molecule is CC1CN(C2CCN(CC(=O)Nc3ccc(OC(F)F)c(Cl)c3)CC2)CCO1. The summed E-state index contributed by atoms with van der Waals surface area (Å²) in [7, 11) is 0. The van der Waals surface area contributed by atoms with Crippen molar-refractivity contribution in [1.82, 2.24) is 9.80 Å². The van der Waals surface area contributed by atoms with Crippen LogP contribution in [0.4, 0.5) is 14.5 Å². The Bertz CT molecular complexity index is 672. The van der Waals surface area contributed by atoms with Crippen LogP contribution in [0.15, 0.2) is 18.2 Å². The van der Waals surface area contributed by atoms with Crippen LogP contribution in [0, 0.1) is 0 Å². The van der Waals surface area contributed by atoms with Crippen molar-refractivity contribution in [2.45, 2.75) is 38.5 Å². The van der Waals surface area contributed by atoms with Crippen molar-refractivity contribution in [3.63, 3.8) is 0 Å². The number of morpholine rings is 1. The summed E-state index contributed by atoms with van der Waals surface area (Å²) < 4.78 is 34.4. The van der Waals surface area contributed by atoms with E-state index in [9.17, 15) is 13.6 Å². The maximum Gasteiger partial charge on any atom is 0.387 e. The minimum Gasteiger partial charge on any atom is -0.433 e. The van der Waals surface area contributed by atoms with Crippen molar-refractivity contribution in [3.05, 3.63) is 23.2 Å². The second-order valence-electron chi connectivity index (χ2n) is 7.26. The predicted molar refractivity (Wildman–Crippen MR) is 103 cm³/mol. The zero-order valence-corrected chi connectivity index (χ0v) is 16.6. The number of anilines is 1. The Hall–Kier alpha value is -1.48. The molecule has 9 heteroatoms. The summed E-state index contributed by atoms with van der Waals surface area (Å²) in [5, 5.41) is 2.78. The first-order valence-electron chi connectivity index (χ1n) is 9.53. The number of ether oxygens (including phenoxy) is 2. The molecule has 1 atom stereocenters. The lowest BCUT2D eigenvalue weighted by Crippen LogP contribution is -2.51. The van der Waals surface area contributed by atoms with Crippen LogP contribution in [-0.2, 0) is 9.53 Å². The summed E-state index contributed by atoms with van der Waals surface area (Å²) in [6, 6.07) is 4.77. The Labute approximate surface area is 168 Å². The van der Waals surface area contributed by atoms with Crippen LogP contribution < -0.4 is 10.1 Å². The quantitative estimate of drug-likeness (QED) is 0.771. The van der Waals surface area contributed by atoms with Gasteiger partial charge in [-0.25, -0.2) is 0 Å². The molecule has 0 aromatic heterocycles. The molecule has 0 saturated carbocycles. The van der Waals surface area contributed by atoms with Crippen molar-refractivity contribution in [2.75, 3.05) is 44.6 Å². The molecular formula is C19H26ClF2N3O3. The van der Waals surface area contributed by atoms with Crippen LogP contribution >= 0.6 is 11.6 Å². The number of piperidine rings is 1. The molecule has 156 valence electrons. The number of alkyl halides is 2. The largest absolute Gasteiger partial charge is 0.433 e. The van der Waals surface area contributed by atoms with Gasteiger partial charge >= 0.3 is 6.61 Å². The number of hydrogen-bond donors (Lipinski definition) is 1. The molecular weight excluding hydrogens is 392 g/mol. The predicted octanol–water partition coefficient (Wildman–Crippen LogP) is 3.07. The minimum absolute atomic E-state index is 0.0265. The van der Waals surface area contributed by atoms with Crippen molar-refractivity contribution in [3.8, 4) is 5.75 Å². The summed E-state index contributed by atoms with van der Waals surface area (Å²) in [6.07, 6.45) is 2.35. The van der Waals surface area contributed by atoms with Gasteiger partial charge in [0.15, 0.2) is 0 Å². The number of halogens is 3.